The number of hydrogen-bond acceptors (Lipinski definition) is 6. The number of anilines is 1. The summed E-state index contributed by atoms with van der Waals surface area (Å²) in [4.78, 5) is 57.2. The molecule has 5 rings (SSSR count). The Morgan fingerprint density at radius 3 is 2.27 bits per heavy atom. The molecule has 1 N–H and O–H groups in total. The van der Waals surface area contributed by atoms with E-state index in [2.05, 4.69) is 5.32 Å². The Balaban J connectivity index is 1.29. The van der Waals surface area contributed by atoms with E-state index in [-0.39, 0.29) is 25.9 Å². The Morgan fingerprint density at radius 2 is 1.71 bits per heavy atom. The van der Waals surface area contributed by atoms with Gasteiger partial charge in [0, 0.05) is 31.7 Å². The third kappa shape index (κ3) is 6.20. The highest BCUT2D eigenvalue weighted by Crippen LogP contribution is 2.41. The zero-order valence-electron chi connectivity index (χ0n) is 25.0. The van der Waals surface area contributed by atoms with Crippen LogP contribution in [0, 0.1) is 17.7 Å². The summed E-state index contributed by atoms with van der Waals surface area (Å²) in [5.41, 5.74) is -2.78. The number of piperidine rings is 1. The maximum absolute atomic E-state index is 14.4. The van der Waals surface area contributed by atoms with Crippen molar-refractivity contribution < 1.29 is 46.2 Å². The van der Waals surface area contributed by atoms with Crippen LogP contribution in [0.2, 0.25) is 0 Å². The van der Waals surface area contributed by atoms with Gasteiger partial charge in [-0.05, 0) is 61.2 Å². The second kappa shape index (κ2) is 12.3. The monoisotopic (exact) mass is 634 g/mol. The number of ether oxygens (including phenoxy) is 2. The van der Waals surface area contributed by atoms with Gasteiger partial charge in [0.25, 0.3) is 11.8 Å². The lowest BCUT2D eigenvalue weighted by Gasteiger charge is -2.43. The van der Waals surface area contributed by atoms with Crippen molar-refractivity contribution in [1.82, 2.24) is 15.1 Å². The third-order valence-corrected chi connectivity index (χ3v) is 8.56. The van der Waals surface area contributed by atoms with Crippen molar-refractivity contribution >= 4 is 29.4 Å². The summed E-state index contributed by atoms with van der Waals surface area (Å²) in [5, 5.41) is 2.40. The van der Waals surface area contributed by atoms with Crippen molar-refractivity contribution in [2.24, 2.45) is 11.8 Å². The molecule has 0 aliphatic carbocycles. The van der Waals surface area contributed by atoms with Crippen LogP contribution in [-0.4, -0.2) is 85.1 Å². The van der Waals surface area contributed by atoms with Crippen molar-refractivity contribution in [1.29, 1.82) is 0 Å². The van der Waals surface area contributed by atoms with Crippen LogP contribution in [0.1, 0.15) is 42.6 Å². The second-order valence-corrected chi connectivity index (χ2v) is 11.9. The zero-order valence-corrected chi connectivity index (χ0v) is 25.0. The molecule has 1 spiro atoms. The lowest BCUT2D eigenvalue weighted by molar-refractivity contribution is -0.139. The first-order chi connectivity index (χ1) is 21.2. The van der Waals surface area contributed by atoms with E-state index in [0.29, 0.717) is 55.4 Å². The minimum Gasteiger partial charge on any atom is -0.493 e. The molecular weight excluding hydrogens is 600 g/mol. The molecule has 3 fully saturated rings. The predicted molar refractivity (Wildman–Crippen MR) is 153 cm³/mol. The fourth-order valence-corrected chi connectivity index (χ4v) is 5.81. The van der Waals surface area contributed by atoms with Crippen LogP contribution in [0.5, 0.6) is 5.75 Å². The van der Waals surface area contributed by atoms with Crippen LogP contribution >= 0.6 is 0 Å². The van der Waals surface area contributed by atoms with E-state index in [0.717, 1.165) is 4.90 Å². The maximum atomic E-state index is 14.4. The number of rotatable bonds is 8. The van der Waals surface area contributed by atoms with E-state index in [4.69, 9.17) is 9.47 Å². The topological polar surface area (TPSA) is 108 Å². The number of nitrogens with zero attached hydrogens (tertiary/aromatic N) is 3. The summed E-state index contributed by atoms with van der Waals surface area (Å²) in [6.45, 7) is 5.20. The molecule has 0 saturated carbocycles. The van der Waals surface area contributed by atoms with E-state index in [1.165, 1.54) is 16.8 Å². The first kappa shape index (κ1) is 32.2. The number of hydrogen-bond donors (Lipinski definition) is 1. The normalized spacial score (nSPS) is 19.2. The molecule has 0 aromatic heterocycles. The number of halogens is 4. The highest BCUT2D eigenvalue weighted by Gasteiger charge is 2.58. The van der Waals surface area contributed by atoms with Crippen molar-refractivity contribution in [2.75, 3.05) is 44.9 Å². The van der Waals surface area contributed by atoms with Crippen LogP contribution in [0.25, 0.3) is 0 Å². The van der Waals surface area contributed by atoms with E-state index in [1.807, 2.05) is 0 Å². The van der Waals surface area contributed by atoms with Crippen molar-refractivity contribution in [3.05, 3.63) is 59.4 Å². The Labute approximate surface area is 257 Å². The molecule has 242 valence electrons. The molecule has 0 bridgehead atoms. The van der Waals surface area contributed by atoms with Crippen LogP contribution in [0.15, 0.2) is 42.5 Å². The minimum atomic E-state index is -4.79. The molecule has 3 saturated heterocycles. The number of imide groups is 1. The highest BCUT2D eigenvalue weighted by molar-refractivity contribution is 6.16. The number of carbonyl (C=O) groups excluding carboxylic acids is 4. The fourth-order valence-electron chi connectivity index (χ4n) is 5.81. The summed E-state index contributed by atoms with van der Waals surface area (Å²) in [6, 6.07) is 6.66. The van der Waals surface area contributed by atoms with Gasteiger partial charge in [-0.15, -0.1) is 0 Å². The highest BCUT2D eigenvalue weighted by atomic mass is 19.4. The molecule has 3 aliphatic rings. The number of amides is 5. The van der Waals surface area contributed by atoms with E-state index < -0.39 is 64.4 Å². The molecule has 3 aliphatic heterocycles. The van der Waals surface area contributed by atoms with Gasteiger partial charge in [0.2, 0.25) is 5.91 Å². The molecule has 14 heteroatoms. The van der Waals surface area contributed by atoms with Crippen LogP contribution < -0.4 is 15.0 Å². The number of likely N-dealkylation sites (tertiary alicyclic amines) is 1. The van der Waals surface area contributed by atoms with Gasteiger partial charge >= 0.3 is 12.2 Å². The molecule has 5 amide bonds. The Kier molecular flexibility index (Phi) is 8.80. The number of urea groups is 1. The lowest BCUT2D eigenvalue weighted by Crippen LogP contribution is -2.60. The van der Waals surface area contributed by atoms with E-state index in [9.17, 15) is 36.7 Å². The summed E-state index contributed by atoms with van der Waals surface area (Å²) < 4.78 is 64.8. The van der Waals surface area contributed by atoms with Gasteiger partial charge in [0.15, 0.2) is 0 Å². The van der Waals surface area contributed by atoms with Gasteiger partial charge in [-0.25, -0.2) is 9.18 Å². The number of likely N-dealkylation sites (N-methyl/N-ethyl adjacent to an activating group) is 1. The first-order valence-corrected chi connectivity index (χ1v) is 14.6. The fraction of sp³-hybridized carbons (Fsp3) is 0.484. The number of nitrogens with one attached hydrogen (secondary N) is 1. The van der Waals surface area contributed by atoms with Gasteiger partial charge < -0.3 is 19.7 Å². The number of carbonyl (C=O) groups is 4. The maximum Gasteiger partial charge on any atom is 0.416 e. The summed E-state index contributed by atoms with van der Waals surface area (Å²) in [6.07, 6.45) is -4.58. The van der Waals surface area contributed by atoms with Crippen LogP contribution in [0.3, 0.4) is 0 Å². The standard InChI is InChI=1S/C31H34F4N4O6/c1-18(2)25(36-26(40)23-14-20(31(33,34)35)4-9-24(23)32)27(41)38-12-10-30(11-13-38)28(42)37(3)29(43)39(30)21-5-7-22(8-6-21)45-17-19-15-44-16-19/h4-9,14,18-19,25H,10-13,15-17H2,1-3H3,(H,36,40). The number of alkyl halides is 3. The Bertz CT molecular complexity index is 1470. The smallest absolute Gasteiger partial charge is 0.416 e. The van der Waals surface area contributed by atoms with Crippen LogP contribution in [0.4, 0.5) is 28.0 Å². The van der Waals surface area contributed by atoms with Crippen molar-refractivity contribution in [2.45, 2.75) is 44.4 Å². The molecule has 1 atom stereocenters. The first-order valence-electron chi connectivity index (χ1n) is 14.6. The molecule has 2 aromatic rings. The zero-order chi connectivity index (χ0) is 32.7. The van der Waals surface area contributed by atoms with E-state index >= 15 is 0 Å². The summed E-state index contributed by atoms with van der Waals surface area (Å²) in [5.74, 6) is -2.81. The average molecular weight is 635 g/mol. The van der Waals surface area contributed by atoms with Gasteiger partial charge in [0.1, 0.15) is 23.1 Å². The lowest BCUT2D eigenvalue weighted by atomic mass is 9.85. The molecule has 45 heavy (non-hydrogen) atoms. The SMILES string of the molecule is CC(C)C(NC(=O)c1cc(C(F)(F)F)ccc1F)C(=O)N1CCC2(CC1)C(=O)N(C)C(=O)N2c1ccc(OCC2COC2)cc1. The molecule has 0 radical (unpaired) electrons. The minimum absolute atomic E-state index is 0.0594. The quantitative estimate of drug-likeness (QED) is 0.347. The second-order valence-electron chi connectivity index (χ2n) is 11.9. The van der Waals surface area contributed by atoms with Crippen molar-refractivity contribution in [3.8, 4) is 5.75 Å². The largest absolute Gasteiger partial charge is 0.493 e. The number of benzene rings is 2. The van der Waals surface area contributed by atoms with Gasteiger partial charge in [-0.1, -0.05) is 13.8 Å². The third-order valence-electron chi connectivity index (χ3n) is 8.56. The summed E-state index contributed by atoms with van der Waals surface area (Å²) in [7, 11) is 1.40. The molecule has 10 nitrogen and oxygen atoms in total. The van der Waals surface area contributed by atoms with E-state index in [1.54, 1.807) is 38.1 Å². The van der Waals surface area contributed by atoms with Crippen molar-refractivity contribution in [3.63, 3.8) is 0 Å². The average Bonchev–Trinajstić information content (AvgIpc) is 3.15. The Hall–Kier alpha value is -4.20. The van der Waals surface area contributed by atoms with Crippen LogP contribution in [-0.2, 0) is 20.5 Å². The van der Waals surface area contributed by atoms with Gasteiger partial charge in [-0.2, -0.15) is 13.2 Å². The molecular formula is C31H34F4N4O6. The van der Waals surface area contributed by atoms with Gasteiger partial charge in [0.05, 0.1) is 30.9 Å². The molecule has 1 unspecified atom stereocenters. The molecule has 2 aromatic carbocycles. The molecule has 3 heterocycles. The Morgan fingerprint density at radius 1 is 1.07 bits per heavy atom. The summed E-state index contributed by atoms with van der Waals surface area (Å²) >= 11 is 0. The predicted octanol–water partition coefficient (Wildman–Crippen LogP) is 4.08. The van der Waals surface area contributed by atoms with Gasteiger partial charge in [-0.3, -0.25) is 24.2 Å².